The van der Waals surface area contributed by atoms with Gasteiger partial charge in [0.1, 0.15) is 0 Å². The molecule has 0 bridgehead atoms. The second kappa shape index (κ2) is 8.94. The van der Waals surface area contributed by atoms with E-state index in [0.29, 0.717) is 31.3 Å². The van der Waals surface area contributed by atoms with Crippen LogP contribution >= 0.6 is 11.6 Å². The Labute approximate surface area is 129 Å². The minimum atomic E-state index is -0.419. The lowest BCUT2D eigenvalue weighted by molar-refractivity contribution is -0.384. The standard InChI is InChI=1S/C14H21ClN2O4/c1-11(10-21-3)16(6-7-20-2)9-12-8-13(17(18)19)4-5-14(12)15/h4-5,8,11H,6-7,9-10H2,1-3H3. The fraction of sp³-hybridized carbons (Fsp3) is 0.571. The molecule has 1 rings (SSSR count). The summed E-state index contributed by atoms with van der Waals surface area (Å²) in [6.07, 6.45) is 0. The molecule has 0 spiro atoms. The highest BCUT2D eigenvalue weighted by molar-refractivity contribution is 6.31. The summed E-state index contributed by atoms with van der Waals surface area (Å²) in [6, 6.07) is 4.64. The molecule has 6 nitrogen and oxygen atoms in total. The third-order valence-corrected chi connectivity index (χ3v) is 3.60. The topological polar surface area (TPSA) is 64.8 Å². The number of rotatable bonds is 9. The Hall–Kier alpha value is -1.21. The van der Waals surface area contributed by atoms with E-state index in [2.05, 4.69) is 4.90 Å². The van der Waals surface area contributed by atoms with E-state index in [-0.39, 0.29) is 11.7 Å². The molecular formula is C14H21ClN2O4. The van der Waals surface area contributed by atoms with Crippen molar-refractivity contribution < 1.29 is 14.4 Å². The maximum Gasteiger partial charge on any atom is 0.269 e. The Morgan fingerprint density at radius 1 is 1.38 bits per heavy atom. The van der Waals surface area contributed by atoms with Gasteiger partial charge in [0.25, 0.3) is 5.69 Å². The van der Waals surface area contributed by atoms with Gasteiger partial charge in [-0.1, -0.05) is 11.6 Å². The minimum Gasteiger partial charge on any atom is -0.383 e. The van der Waals surface area contributed by atoms with Crippen molar-refractivity contribution in [1.29, 1.82) is 0 Å². The summed E-state index contributed by atoms with van der Waals surface area (Å²) in [5.41, 5.74) is 0.769. The van der Waals surface area contributed by atoms with Crippen molar-refractivity contribution in [1.82, 2.24) is 4.90 Å². The first kappa shape index (κ1) is 17.8. The van der Waals surface area contributed by atoms with Crippen LogP contribution in [0.25, 0.3) is 0 Å². The van der Waals surface area contributed by atoms with Crippen molar-refractivity contribution in [3.63, 3.8) is 0 Å². The average Bonchev–Trinajstić information content (AvgIpc) is 2.45. The lowest BCUT2D eigenvalue weighted by atomic mass is 10.1. The van der Waals surface area contributed by atoms with Crippen molar-refractivity contribution in [3.05, 3.63) is 38.9 Å². The van der Waals surface area contributed by atoms with E-state index in [1.165, 1.54) is 12.1 Å². The first-order valence-corrected chi connectivity index (χ1v) is 7.02. The first-order chi connectivity index (χ1) is 9.99. The maximum absolute atomic E-state index is 10.9. The number of nitrogens with zero attached hydrogens (tertiary/aromatic N) is 2. The summed E-state index contributed by atoms with van der Waals surface area (Å²) >= 11 is 6.15. The van der Waals surface area contributed by atoms with Gasteiger partial charge in [-0.2, -0.15) is 0 Å². The second-order valence-electron chi connectivity index (χ2n) is 4.80. The van der Waals surface area contributed by atoms with Crippen LogP contribution in [0, 0.1) is 10.1 Å². The smallest absolute Gasteiger partial charge is 0.269 e. The average molecular weight is 317 g/mol. The maximum atomic E-state index is 10.9. The van der Waals surface area contributed by atoms with Crippen LogP contribution in [-0.4, -0.2) is 49.8 Å². The van der Waals surface area contributed by atoms with E-state index in [9.17, 15) is 10.1 Å². The number of nitro benzene ring substituents is 1. The molecule has 0 saturated heterocycles. The highest BCUT2D eigenvalue weighted by atomic mass is 35.5. The molecule has 0 aromatic heterocycles. The molecule has 1 aromatic carbocycles. The van der Waals surface area contributed by atoms with Crippen molar-refractivity contribution in [2.75, 3.05) is 34.0 Å². The van der Waals surface area contributed by atoms with E-state index in [4.69, 9.17) is 21.1 Å². The normalized spacial score (nSPS) is 12.6. The number of ether oxygens (including phenoxy) is 2. The molecule has 0 amide bonds. The Morgan fingerprint density at radius 3 is 2.67 bits per heavy atom. The van der Waals surface area contributed by atoms with E-state index in [1.807, 2.05) is 6.92 Å². The lowest BCUT2D eigenvalue weighted by Crippen LogP contribution is -2.38. The molecule has 0 aliphatic heterocycles. The number of hydrogen-bond donors (Lipinski definition) is 0. The van der Waals surface area contributed by atoms with Crippen molar-refractivity contribution in [3.8, 4) is 0 Å². The summed E-state index contributed by atoms with van der Waals surface area (Å²) < 4.78 is 10.3. The van der Waals surface area contributed by atoms with E-state index < -0.39 is 4.92 Å². The Kier molecular flexibility index (Phi) is 7.60. The fourth-order valence-electron chi connectivity index (χ4n) is 2.03. The fourth-order valence-corrected chi connectivity index (χ4v) is 2.20. The number of halogens is 1. The molecule has 0 aliphatic carbocycles. The lowest BCUT2D eigenvalue weighted by Gasteiger charge is -2.28. The van der Waals surface area contributed by atoms with Crippen LogP contribution in [0.3, 0.4) is 0 Å². The van der Waals surface area contributed by atoms with Crippen LogP contribution in [0.1, 0.15) is 12.5 Å². The van der Waals surface area contributed by atoms with Crippen LogP contribution in [0.15, 0.2) is 18.2 Å². The molecule has 1 unspecified atom stereocenters. The van der Waals surface area contributed by atoms with Crippen molar-refractivity contribution in [2.24, 2.45) is 0 Å². The summed E-state index contributed by atoms with van der Waals surface area (Å²) in [6.45, 7) is 4.37. The van der Waals surface area contributed by atoms with Crippen molar-refractivity contribution >= 4 is 17.3 Å². The summed E-state index contributed by atoms with van der Waals surface area (Å²) in [5, 5.41) is 11.4. The first-order valence-electron chi connectivity index (χ1n) is 6.64. The molecule has 0 saturated carbocycles. The zero-order chi connectivity index (χ0) is 15.8. The van der Waals surface area contributed by atoms with Crippen LogP contribution in [0.4, 0.5) is 5.69 Å². The van der Waals surface area contributed by atoms with Gasteiger partial charge in [0.05, 0.1) is 18.1 Å². The number of nitro groups is 1. The largest absolute Gasteiger partial charge is 0.383 e. The SMILES string of the molecule is COCCN(Cc1cc([N+](=O)[O-])ccc1Cl)C(C)COC. The molecule has 0 radical (unpaired) electrons. The van der Waals surface area contributed by atoms with E-state index >= 15 is 0 Å². The van der Waals surface area contributed by atoms with Crippen LogP contribution < -0.4 is 0 Å². The number of methoxy groups -OCH3 is 2. The summed E-state index contributed by atoms with van der Waals surface area (Å²) in [4.78, 5) is 12.6. The number of non-ortho nitro benzene ring substituents is 1. The molecule has 118 valence electrons. The van der Waals surface area contributed by atoms with Crippen LogP contribution in [0.5, 0.6) is 0 Å². The molecule has 1 atom stereocenters. The molecule has 0 fully saturated rings. The molecule has 21 heavy (non-hydrogen) atoms. The van der Waals surface area contributed by atoms with Gasteiger partial charge in [-0.25, -0.2) is 0 Å². The monoisotopic (exact) mass is 316 g/mol. The highest BCUT2D eigenvalue weighted by Gasteiger charge is 2.17. The molecule has 7 heteroatoms. The second-order valence-corrected chi connectivity index (χ2v) is 5.21. The summed E-state index contributed by atoms with van der Waals surface area (Å²) in [7, 11) is 3.28. The van der Waals surface area contributed by atoms with Gasteiger partial charge in [0.2, 0.25) is 0 Å². The Morgan fingerprint density at radius 2 is 2.10 bits per heavy atom. The molecule has 0 N–H and O–H groups in total. The highest BCUT2D eigenvalue weighted by Crippen LogP contribution is 2.24. The van der Waals surface area contributed by atoms with Crippen LogP contribution in [-0.2, 0) is 16.0 Å². The molecule has 0 heterocycles. The predicted octanol–water partition coefficient (Wildman–Crippen LogP) is 2.73. The van der Waals surface area contributed by atoms with Gasteiger partial charge < -0.3 is 9.47 Å². The summed E-state index contributed by atoms with van der Waals surface area (Å²) in [5.74, 6) is 0. The van der Waals surface area contributed by atoms with Gasteiger partial charge in [0, 0.05) is 50.5 Å². The van der Waals surface area contributed by atoms with E-state index in [0.717, 1.165) is 5.56 Å². The quantitative estimate of drug-likeness (QED) is 0.517. The van der Waals surface area contributed by atoms with Crippen molar-refractivity contribution in [2.45, 2.75) is 19.5 Å². The molecule has 0 aliphatic rings. The number of hydrogen-bond acceptors (Lipinski definition) is 5. The molecule has 1 aromatic rings. The Balaban J connectivity index is 2.90. The van der Waals surface area contributed by atoms with Crippen LogP contribution in [0.2, 0.25) is 5.02 Å². The van der Waals surface area contributed by atoms with Gasteiger partial charge in [-0.15, -0.1) is 0 Å². The third kappa shape index (κ3) is 5.59. The van der Waals surface area contributed by atoms with Gasteiger partial charge in [0.15, 0.2) is 0 Å². The van der Waals surface area contributed by atoms with Gasteiger partial charge in [-0.05, 0) is 18.6 Å². The van der Waals surface area contributed by atoms with Gasteiger partial charge in [-0.3, -0.25) is 15.0 Å². The third-order valence-electron chi connectivity index (χ3n) is 3.23. The molecular weight excluding hydrogens is 296 g/mol. The van der Waals surface area contributed by atoms with E-state index in [1.54, 1.807) is 20.3 Å². The predicted molar refractivity (Wildman–Crippen MR) is 81.7 cm³/mol. The zero-order valence-corrected chi connectivity index (χ0v) is 13.3. The Bertz CT molecular complexity index is 470. The van der Waals surface area contributed by atoms with Gasteiger partial charge >= 0.3 is 0 Å². The minimum absolute atomic E-state index is 0.0421. The number of benzene rings is 1. The zero-order valence-electron chi connectivity index (χ0n) is 12.5.